The highest BCUT2D eigenvalue weighted by Crippen LogP contribution is 2.64. The predicted octanol–water partition coefficient (Wildman–Crippen LogP) is 3.45. The van der Waals surface area contributed by atoms with E-state index < -0.39 is 0 Å². The third-order valence-electron chi connectivity index (χ3n) is 5.75. The van der Waals surface area contributed by atoms with Crippen LogP contribution in [0.25, 0.3) is 0 Å². The lowest BCUT2D eigenvalue weighted by atomic mass is 9.70. The topological polar surface area (TPSA) is 17.1 Å². The van der Waals surface area contributed by atoms with Crippen molar-refractivity contribution in [2.24, 2.45) is 35.0 Å². The number of allylic oxidation sites excluding steroid dienone is 2. The van der Waals surface area contributed by atoms with E-state index in [4.69, 9.17) is 0 Å². The van der Waals surface area contributed by atoms with Crippen LogP contribution in [0.3, 0.4) is 0 Å². The summed E-state index contributed by atoms with van der Waals surface area (Å²) in [5.74, 6) is 3.44. The third kappa shape index (κ3) is 1.00. The van der Waals surface area contributed by atoms with E-state index in [-0.39, 0.29) is 11.3 Å². The first-order valence-corrected chi connectivity index (χ1v) is 6.69. The molecule has 0 saturated heterocycles. The lowest BCUT2D eigenvalue weighted by molar-refractivity contribution is -0.130. The van der Waals surface area contributed by atoms with Gasteiger partial charge in [-0.3, -0.25) is 4.79 Å². The van der Waals surface area contributed by atoms with E-state index in [0.717, 1.165) is 6.42 Å². The summed E-state index contributed by atoms with van der Waals surface area (Å²) in [7, 11) is 0. The zero-order valence-corrected chi connectivity index (χ0v) is 10.8. The van der Waals surface area contributed by atoms with E-state index in [2.05, 4.69) is 33.8 Å². The summed E-state index contributed by atoms with van der Waals surface area (Å²) < 4.78 is 0. The molecule has 0 unspecified atom stereocenters. The summed E-state index contributed by atoms with van der Waals surface area (Å²) in [6.07, 6.45) is 4.81. The molecular formula is C15H22O. The van der Waals surface area contributed by atoms with Crippen molar-refractivity contribution in [3.8, 4) is 0 Å². The van der Waals surface area contributed by atoms with Gasteiger partial charge in [0.1, 0.15) is 5.78 Å². The second-order valence-corrected chi connectivity index (χ2v) is 6.70. The molecule has 0 radical (unpaired) electrons. The van der Waals surface area contributed by atoms with Gasteiger partial charge in [-0.15, -0.1) is 0 Å². The van der Waals surface area contributed by atoms with Crippen LogP contribution in [0.1, 0.15) is 40.5 Å². The van der Waals surface area contributed by atoms with Gasteiger partial charge in [-0.2, -0.15) is 0 Å². The van der Waals surface area contributed by atoms with Crippen LogP contribution in [0.15, 0.2) is 11.6 Å². The van der Waals surface area contributed by atoms with Crippen LogP contribution in [0.2, 0.25) is 0 Å². The quantitative estimate of drug-likeness (QED) is 0.616. The highest BCUT2D eigenvalue weighted by atomic mass is 16.1. The monoisotopic (exact) mass is 218 g/mol. The van der Waals surface area contributed by atoms with Crippen molar-refractivity contribution in [1.29, 1.82) is 0 Å². The maximum absolute atomic E-state index is 12.7. The molecule has 2 fully saturated rings. The van der Waals surface area contributed by atoms with Crippen LogP contribution in [0.5, 0.6) is 0 Å². The largest absolute Gasteiger partial charge is 0.298 e. The molecule has 88 valence electrons. The maximum atomic E-state index is 12.7. The predicted molar refractivity (Wildman–Crippen MR) is 64.9 cm³/mol. The zero-order valence-electron chi connectivity index (χ0n) is 10.8. The molecule has 3 aliphatic rings. The first kappa shape index (κ1) is 10.6. The van der Waals surface area contributed by atoms with Crippen LogP contribution in [-0.2, 0) is 4.79 Å². The van der Waals surface area contributed by atoms with Crippen molar-refractivity contribution in [2.75, 3.05) is 0 Å². The van der Waals surface area contributed by atoms with Gasteiger partial charge in [0, 0.05) is 11.3 Å². The smallest absolute Gasteiger partial charge is 0.146 e. The molecule has 3 rings (SSSR count). The van der Waals surface area contributed by atoms with E-state index in [1.807, 2.05) is 0 Å². The molecule has 1 nitrogen and oxygen atoms in total. The second kappa shape index (κ2) is 3.00. The summed E-state index contributed by atoms with van der Waals surface area (Å²) in [6.45, 7) is 8.99. The van der Waals surface area contributed by atoms with Crippen molar-refractivity contribution < 1.29 is 4.79 Å². The van der Waals surface area contributed by atoms with Crippen molar-refractivity contribution >= 4 is 5.78 Å². The molecule has 0 aromatic heterocycles. The second-order valence-electron chi connectivity index (χ2n) is 6.70. The molecule has 0 aliphatic heterocycles. The number of hydrogen-bond acceptors (Lipinski definition) is 1. The Morgan fingerprint density at radius 2 is 2.06 bits per heavy atom. The van der Waals surface area contributed by atoms with Gasteiger partial charge < -0.3 is 0 Å². The minimum absolute atomic E-state index is 0.00222. The van der Waals surface area contributed by atoms with Crippen LogP contribution in [-0.4, -0.2) is 5.78 Å². The molecule has 0 spiro atoms. The minimum atomic E-state index is -0.00222. The molecule has 3 aliphatic carbocycles. The van der Waals surface area contributed by atoms with Crippen molar-refractivity contribution in [3.63, 3.8) is 0 Å². The van der Waals surface area contributed by atoms with Gasteiger partial charge in [0.05, 0.1) is 0 Å². The van der Waals surface area contributed by atoms with Gasteiger partial charge in [-0.1, -0.05) is 32.4 Å². The van der Waals surface area contributed by atoms with Crippen LogP contribution >= 0.6 is 0 Å². The van der Waals surface area contributed by atoms with Gasteiger partial charge in [0.25, 0.3) is 0 Å². The number of rotatable bonds is 1. The average molecular weight is 218 g/mol. The lowest BCUT2D eigenvalue weighted by Crippen LogP contribution is -2.35. The Kier molecular flexibility index (Phi) is 1.98. The van der Waals surface area contributed by atoms with Gasteiger partial charge in [0.2, 0.25) is 0 Å². The number of hydrogen-bond donors (Lipinski definition) is 0. The first-order valence-electron chi connectivity index (χ1n) is 6.69. The molecule has 0 amide bonds. The summed E-state index contributed by atoms with van der Waals surface area (Å²) >= 11 is 0. The fourth-order valence-corrected chi connectivity index (χ4v) is 4.94. The zero-order chi connectivity index (χ0) is 11.7. The van der Waals surface area contributed by atoms with E-state index in [9.17, 15) is 4.79 Å². The van der Waals surface area contributed by atoms with Crippen LogP contribution in [0.4, 0.5) is 0 Å². The molecule has 0 N–H and O–H groups in total. The molecule has 1 heteroatoms. The molecule has 0 aromatic rings. The van der Waals surface area contributed by atoms with Crippen LogP contribution < -0.4 is 0 Å². The Bertz CT molecular complexity index is 379. The highest BCUT2D eigenvalue weighted by Gasteiger charge is 2.63. The van der Waals surface area contributed by atoms with E-state index in [1.165, 1.54) is 12.0 Å². The SMILES string of the molecule is CC1=C[C@H]2C[C@H](C(C)C)[C@@]3(C)C(=O)[C@@H]1C[C@@H]23. The standard InChI is InChI=1S/C15H22O/c1-8(2)12-6-10-5-9(3)11-7-13(10)15(12,4)14(11)16/h5,8,10-13H,6-7H2,1-4H3/t10-,11+,12+,13-,15+/m0/s1. The molecule has 0 aromatic carbocycles. The number of carbonyl (C=O) groups excluding carboxylic acids is 1. The molecular weight excluding hydrogens is 196 g/mol. The highest BCUT2D eigenvalue weighted by molar-refractivity contribution is 5.93. The number of fused-ring (bicyclic) bond motifs is 1. The Morgan fingerprint density at radius 3 is 2.69 bits per heavy atom. The van der Waals surface area contributed by atoms with E-state index >= 15 is 0 Å². The number of Topliss-reactive ketones (excluding diaryl/α,β-unsaturated/α-hetero) is 1. The fraction of sp³-hybridized carbons (Fsp3) is 0.800. The normalized spacial score (nSPS) is 50.1. The number of ketones is 1. The summed E-state index contributed by atoms with van der Waals surface area (Å²) in [4.78, 5) is 12.7. The van der Waals surface area contributed by atoms with Crippen molar-refractivity contribution in [2.45, 2.75) is 40.5 Å². The van der Waals surface area contributed by atoms with Crippen molar-refractivity contribution in [3.05, 3.63) is 11.6 Å². The van der Waals surface area contributed by atoms with Crippen LogP contribution in [0, 0.1) is 35.0 Å². The Labute approximate surface area is 98.3 Å². The minimum Gasteiger partial charge on any atom is -0.298 e. The molecule has 16 heavy (non-hydrogen) atoms. The van der Waals surface area contributed by atoms with Gasteiger partial charge in [-0.05, 0) is 43.4 Å². The fourth-order valence-electron chi connectivity index (χ4n) is 4.94. The Balaban J connectivity index is 2.10. The van der Waals surface area contributed by atoms with Crippen molar-refractivity contribution in [1.82, 2.24) is 0 Å². The Morgan fingerprint density at radius 1 is 1.38 bits per heavy atom. The summed E-state index contributed by atoms with van der Waals surface area (Å²) in [6, 6.07) is 0. The molecule has 0 heterocycles. The molecule has 2 saturated carbocycles. The summed E-state index contributed by atoms with van der Waals surface area (Å²) in [5.41, 5.74) is 1.36. The van der Waals surface area contributed by atoms with Gasteiger partial charge in [0.15, 0.2) is 0 Å². The molecule has 2 bridgehead atoms. The Hall–Kier alpha value is -0.590. The van der Waals surface area contributed by atoms with Gasteiger partial charge in [-0.25, -0.2) is 0 Å². The average Bonchev–Trinajstić information content (AvgIpc) is 2.61. The maximum Gasteiger partial charge on any atom is 0.146 e. The first-order chi connectivity index (χ1) is 7.46. The number of carbonyl (C=O) groups is 1. The third-order valence-corrected chi connectivity index (χ3v) is 5.75. The summed E-state index contributed by atoms with van der Waals surface area (Å²) in [5, 5.41) is 0. The lowest BCUT2D eigenvalue weighted by Gasteiger charge is -2.32. The van der Waals surface area contributed by atoms with E-state index in [0.29, 0.717) is 29.5 Å². The van der Waals surface area contributed by atoms with Gasteiger partial charge >= 0.3 is 0 Å². The molecule has 5 atom stereocenters. The van der Waals surface area contributed by atoms with E-state index in [1.54, 1.807) is 0 Å².